The van der Waals surface area contributed by atoms with Crippen LogP contribution >= 0.6 is 0 Å². The van der Waals surface area contributed by atoms with Gasteiger partial charge in [-0.1, -0.05) is 18.2 Å². The second kappa shape index (κ2) is 10.1. The van der Waals surface area contributed by atoms with E-state index >= 15 is 0 Å². The predicted octanol–water partition coefficient (Wildman–Crippen LogP) is 2.71. The van der Waals surface area contributed by atoms with E-state index in [-0.39, 0.29) is 5.91 Å². The fourth-order valence-corrected chi connectivity index (χ4v) is 4.49. The lowest BCUT2D eigenvalue weighted by Crippen LogP contribution is -2.49. The maximum Gasteiger partial charge on any atom is 0.254 e. The Hall–Kier alpha value is -4.34. The lowest BCUT2D eigenvalue weighted by molar-refractivity contribution is -0.130. The van der Waals surface area contributed by atoms with Crippen molar-refractivity contribution in [3.05, 3.63) is 60.6 Å². The van der Waals surface area contributed by atoms with E-state index in [4.69, 9.17) is 14.2 Å². The van der Waals surface area contributed by atoms with Crippen molar-refractivity contribution in [3.63, 3.8) is 0 Å². The number of nitrogens with zero attached hydrogens (tertiary/aromatic N) is 6. The normalized spacial score (nSPS) is 13.6. The summed E-state index contributed by atoms with van der Waals surface area (Å²) in [7, 11) is 4.83. The van der Waals surface area contributed by atoms with Crippen molar-refractivity contribution in [3.8, 4) is 28.4 Å². The Balaban J connectivity index is 1.34. The molecular weight excluding hydrogens is 460 g/mol. The van der Waals surface area contributed by atoms with Gasteiger partial charge in [0.1, 0.15) is 17.9 Å². The molecule has 4 aromatic rings. The summed E-state index contributed by atoms with van der Waals surface area (Å²) in [5.41, 5.74) is 2.84. The Morgan fingerprint density at radius 2 is 1.64 bits per heavy atom. The SMILES string of the molecule is COc1ccc(-c2cnc3ncnn3c2N2CCN(C(=O)Cc3ccc(OC)c(OC)c3)CC2)cc1. The average molecular weight is 489 g/mol. The molecular formula is C26H28N6O4. The van der Waals surface area contributed by atoms with E-state index in [2.05, 4.69) is 20.0 Å². The van der Waals surface area contributed by atoms with Gasteiger partial charge < -0.3 is 24.0 Å². The quantitative estimate of drug-likeness (QED) is 0.392. The summed E-state index contributed by atoms with van der Waals surface area (Å²) in [6, 6.07) is 13.4. The van der Waals surface area contributed by atoms with Gasteiger partial charge in [-0.25, -0.2) is 4.98 Å². The lowest BCUT2D eigenvalue weighted by Gasteiger charge is -2.36. The van der Waals surface area contributed by atoms with Crippen molar-refractivity contribution in [2.45, 2.75) is 6.42 Å². The maximum atomic E-state index is 13.1. The number of hydrogen-bond donors (Lipinski definition) is 0. The molecule has 10 nitrogen and oxygen atoms in total. The number of carbonyl (C=O) groups is 1. The molecule has 10 heteroatoms. The van der Waals surface area contributed by atoms with Crippen molar-refractivity contribution in [1.82, 2.24) is 24.5 Å². The van der Waals surface area contributed by atoms with Crippen LogP contribution in [-0.4, -0.2) is 77.9 Å². The van der Waals surface area contributed by atoms with Crippen LogP contribution in [0.1, 0.15) is 5.56 Å². The number of aromatic nitrogens is 4. The monoisotopic (exact) mass is 488 g/mol. The van der Waals surface area contributed by atoms with Gasteiger partial charge in [0.15, 0.2) is 11.5 Å². The molecule has 0 spiro atoms. The molecule has 0 saturated carbocycles. The van der Waals surface area contributed by atoms with Gasteiger partial charge in [0.25, 0.3) is 5.78 Å². The molecule has 0 aliphatic carbocycles. The Labute approximate surface area is 209 Å². The van der Waals surface area contributed by atoms with Crippen LogP contribution in [0.3, 0.4) is 0 Å². The number of hydrogen-bond acceptors (Lipinski definition) is 8. The van der Waals surface area contributed by atoms with Crippen LogP contribution in [0.4, 0.5) is 5.82 Å². The van der Waals surface area contributed by atoms with Crippen molar-refractivity contribution in [2.24, 2.45) is 0 Å². The van der Waals surface area contributed by atoms with Crippen molar-refractivity contribution in [2.75, 3.05) is 52.4 Å². The highest BCUT2D eigenvalue weighted by Crippen LogP contribution is 2.32. The molecule has 2 aromatic carbocycles. The van der Waals surface area contributed by atoms with Gasteiger partial charge in [-0.05, 0) is 35.4 Å². The van der Waals surface area contributed by atoms with Crippen LogP contribution in [-0.2, 0) is 11.2 Å². The van der Waals surface area contributed by atoms with Gasteiger partial charge in [-0.3, -0.25) is 4.79 Å². The molecule has 5 rings (SSSR count). The molecule has 2 aromatic heterocycles. The Kier molecular flexibility index (Phi) is 6.57. The van der Waals surface area contributed by atoms with Crippen LogP contribution in [0, 0.1) is 0 Å². The molecule has 0 radical (unpaired) electrons. The van der Waals surface area contributed by atoms with Crippen molar-refractivity contribution >= 4 is 17.5 Å². The highest BCUT2D eigenvalue weighted by Gasteiger charge is 2.26. The second-order valence-electron chi connectivity index (χ2n) is 8.43. The second-order valence-corrected chi connectivity index (χ2v) is 8.43. The Morgan fingerprint density at radius 1 is 0.889 bits per heavy atom. The summed E-state index contributed by atoms with van der Waals surface area (Å²) < 4.78 is 17.7. The van der Waals surface area contributed by atoms with Crippen molar-refractivity contribution in [1.29, 1.82) is 0 Å². The van der Waals surface area contributed by atoms with Crippen LogP contribution in [0.15, 0.2) is 55.0 Å². The first-order valence-electron chi connectivity index (χ1n) is 11.7. The molecule has 0 N–H and O–H groups in total. The number of ether oxygens (including phenoxy) is 3. The first kappa shape index (κ1) is 23.4. The number of rotatable bonds is 7. The van der Waals surface area contributed by atoms with Gasteiger partial charge in [0.05, 0.1) is 27.8 Å². The Morgan fingerprint density at radius 3 is 2.33 bits per heavy atom. The molecule has 1 amide bonds. The molecule has 1 aliphatic rings. The fraction of sp³-hybridized carbons (Fsp3) is 0.308. The predicted molar refractivity (Wildman–Crippen MR) is 135 cm³/mol. The molecule has 0 atom stereocenters. The molecule has 36 heavy (non-hydrogen) atoms. The van der Waals surface area contributed by atoms with Gasteiger partial charge in [0, 0.05) is 37.9 Å². The van der Waals surface area contributed by atoms with Crippen LogP contribution in [0.25, 0.3) is 16.9 Å². The minimum Gasteiger partial charge on any atom is -0.497 e. The third kappa shape index (κ3) is 4.49. The zero-order chi connectivity index (χ0) is 25.1. The molecule has 1 saturated heterocycles. The minimum atomic E-state index is 0.0814. The molecule has 1 fully saturated rings. The van der Waals surface area contributed by atoms with Crippen LogP contribution in [0.2, 0.25) is 0 Å². The number of fused-ring (bicyclic) bond motifs is 1. The lowest BCUT2D eigenvalue weighted by atomic mass is 10.1. The topological polar surface area (TPSA) is 94.3 Å². The van der Waals surface area contributed by atoms with E-state index in [0.717, 1.165) is 28.3 Å². The van der Waals surface area contributed by atoms with Gasteiger partial charge in [0.2, 0.25) is 5.91 Å². The van der Waals surface area contributed by atoms with Gasteiger partial charge in [-0.15, -0.1) is 0 Å². The van der Waals surface area contributed by atoms with Crippen molar-refractivity contribution < 1.29 is 19.0 Å². The number of carbonyl (C=O) groups excluding carboxylic acids is 1. The zero-order valence-electron chi connectivity index (χ0n) is 20.5. The van der Waals surface area contributed by atoms with E-state index in [1.807, 2.05) is 53.6 Å². The smallest absolute Gasteiger partial charge is 0.254 e. The Bertz CT molecular complexity index is 1360. The maximum absolute atomic E-state index is 13.1. The van der Waals surface area contributed by atoms with Crippen LogP contribution < -0.4 is 19.1 Å². The first-order chi connectivity index (χ1) is 17.6. The fourth-order valence-electron chi connectivity index (χ4n) is 4.49. The summed E-state index contributed by atoms with van der Waals surface area (Å²) in [6.07, 6.45) is 3.64. The average Bonchev–Trinajstić information content (AvgIpc) is 3.41. The number of anilines is 1. The molecule has 0 unspecified atom stereocenters. The third-order valence-corrected chi connectivity index (χ3v) is 6.42. The molecule has 1 aliphatic heterocycles. The molecule has 0 bridgehead atoms. The molecule has 186 valence electrons. The summed E-state index contributed by atoms with van der Waals surface area (Å²) in [5.74, 6) is 3.58. The summed E-state index contributed by atoms with van der Waals surface area (Å²) >= 11 is 0. The summed E-state index contributed by atoms with van der Waals surface area (Å²) in [6.45, 7) is 2.54. The first-order valence-corrected chi connectivity index (χ1v) is 11.7. The number of piperazine rings is 1. The van der Waals surface area contributed by atoms with Crippen LogP contribution in [0.5, 0.6) is 17.2 Å². The van der Waals surface area contributed by atoms with Gasteiger partial charge in [-0.2, -0.15) is 14.6 Å². The van der Waals surface area contributed by atoms with E-state index in [1.54, 1.807) is 25.8 Å². The highest BCUT2D eigenvalue weighted by molar-refractivity contribution is 5.80. The zero-order valence-corrected chi connectivity index (χ0v) is 20.5. The van der Waals surface area contributed by atoms with E-state index in [9.17, 15) is 4.79 Å². The standard InChI is InChI=1S/C26H28N6O4/c1-34-20-7-5-19(6-8-20)21-16-27-26-28-17-29-32(26)25(21)31-12-10-30(11-13-31)24(33)15-18-4-9-22(35-2)23(14-18)36-3/h4-9,14,16-17H,10-13,15H2,1-3H3. The number of amides is 1. The minimum absolute atomic E-state index is 0.0814. The van der Waals surface area contributed by atoms with Gasteiger partial charge >= 0.3 is 0 Å². The largest absolute Gasteiger partial charge is 0.497 e. The molecule has 3 heterocycles. The number of benzene rings is 2. The third-order valence-electron chi connectivity index (χ3n) is 6.42. The van der Waals surface area contributed by atoms with E-state index in [1.165, 1.54) is 6.33 Å². The summed E-state index contributed by atoms with van der Waals surface area (Å²) in [5, 5.41) is 4.43. The summed E-state index contributed by atoms with van der Waals surface area (Å²) in [4.78, 5) is 26.0. The highest BCUT2D eigenvalue weighted by atomic mass is 16.5. The number of methoxy groups -OCH3 is 3. The van der Waals surface area contributed by atoms with E-state index < -0.39 is 0 Å². The van der Waals surface area contributed by atoms with E-state index in [0.29, 0.717) is 49.9 Å².